The Morgan fingerprint density at radius 2 is 2.22 bits per heavy atom. The van der Waals surface area contributed by atoms with Crippen molar-refractivity contribution in [2.75, 3.05) is 20.2 Å². The first-order valence-electron chi connectivity index (χ1n) is 8.22. The van der Waals surface area contributed by atoms with Crippen LogP contribution in [0.3, 0.4) is 0 Å². The van der Waals surface area contributed by atoms with E-state index in [2.05, 4.69) is 28.4 Å². The predicted octanol–water partition coefficient (Wildman–Crippen LogP) is 2.67. The number of H-pyrrole nitrogens is 1. The highest BCUT2D eigenvalue weighted by Gasteiger charge is 2.28. The predicted molar refractivity (Wildman–Crippen MR) is 86.4 cm³/mol. The van der Waals surface area contributed by atoms with Crippen molar-refractivity contribution >= 4 is 5.91 Å². The summed E-state index contributed by atoms with van der Waals surface area (Å²) in [5.41, 5.74) is 4.10. The molecule has 2 aromatic rings. The summed E-state index contributed by atoms with van der Waals surface area (Å²) in [7, 11) is 1.81. The molecule has 1 aliphatic heterocycles. The van der Waals surface area contributed by atoms with Crippen molar-refractivity contribution in [1.29, 1.82) is 0 Å². The van der Waals surface area contributed by atoms with Crippen molar-refractivity contribution in [3.8, 4) is 0 Å². The number of nitrogens with zero attached hydrogens (tertiary/aromatic N) is 2. The first kappa shape index (κ1) is 14.5. The Morgan fingerprint density at radius 3 is 3.04 bits per heavy atom. The zero-order valence-electron chi connectivity index (χ0n) is 13.3. The van der Waals surface area contributed by atoms with Crippen molar-refractivity contribution in [1.82, 2.24) is 15.1 Å². The van der Waals surface area contributed by atoms with Crippen molar-refractivity contribution in [3.63, 3.8) is 0 Å². The molecular weight excluding hydrogens is 290 g/mol. The Hall–Kier alpha value is -2.14. The lowest BCUT2D eigenvalue weighted by Crippen LogP contribution is -2.34. The quantitative estimate of drug-likeness (QED) is 0.944. The van der Waals surface area contributed by atoms with Gasteiger partial charge in [-0.15, -0.1) is 0 Å². The van der Waals surface area contributed by atoms with Gasteiger partial charge in [0.25, 0.3) is 5.91 Å². The highest BCUT2D eigenvalue weighted by atomic mass is 16.5. The topological polar surface area (TPSA) is 58.2 Å². The largest absolute Gasteiger partial charge is 0.371 e. The summed E-state index contributed by atoms with van der Waals surface area (Å²) in [6.07, 6.45) is 3.27. The van der Waals surface area contributed by atoms with E-state index in [-0.39, 0.29) is 12.0 Å². The van der Waals surface area contributed by atoms with Crippen LogP contribution in [0.4, 0.5) is 0 Å². The van der Waals surface area contributed by atoms with Crippen LogP contribution in [0.5, 0.6) is 0 Å². The highest BCUT2D eigenvalue weighted by molar-refractivity contribution is 5.92. The number of nitrogens with one attached hydrogen (secondary N) is 1. The van der Waals surface area contributed by atoms with Gasteiger partial charge in [-0.1, -0.05) is 24.3 Å². The first-order chi connectivity index (χ1) is 11.2. The van der Waals surface area contributed by atoms with Crippen LogP contribution < -0.4 is 0 Å². The van der Waals surface area contributed by atoms with Crippen LogP contribution in [0.2, 0.25) is 0 Å². The van der Waals surface area contributed by atoms with Crippen LogP contribution in [-0.4, -0.2) is 41.2 Å². The molecule has 0 bridgehead atoms. The van der Waals surface area contributed by atoms with Crippen LogP contribution >= 0.6 is 0 Å². The Morgan fingerprint density at radius 1 is 1.39 bits per heavy atom. The lowest BCUT2D eigenvalue weighted by molar-refractivity contribution is 0.0198. The highest BCUT2D eigenvalue weighted by Crippen LogP contribution is 2.39. The number of carbonyl (C=O) groups is 1. The molecule has 120 valence electrons. The van der Waals surface area contributed by atoms with Gasteiger partial charge in [0.05, 0.1) is 13.2 Å². The molecule has 1 atom stereocenters. The lowest BCUT2D eigenvalue weighted by Gasteiger charge is -2.29. The summed E-state index contributed by atoms with van der Waals surface area (Å²) in [6.45, 7) is 1.25. The maximum absolute atomic E-state index is 12.6. The minimum Gasteiger partial charge on any atom is -0.371 e. The Bertz CT molecular complexity index is 721. The maximum atomic E-state index is 12.6. The zero-order chi connectivity index (χ0) is 15.8. The summed E-state index contributed by atoms with van der Waals surface area (Å²) >= 11 is 0. The number of aromatic nitrogens is 2. The van der Waals surface area contributed by atoms with Gasteiger partial charge in [0, 0.05) is 18.7 Å². The molecule has 2 aliphatic rings. The van der Waals surface area contributed by atoms with E-state index in [0.29, 0.717) is 24.8 Å². The molecule has 0 radical (unpaired) electrons. The molecule has 23 heavy (non-hydrogen) atoms. The zero-order valence-corrected chi connectivity index (χ0v) is 13.3. The third-order valence-electron chi connectivity index (χ3n) is 4.71. The van der Waals surface area contributed by atoms with Crippen LogP contribution in [0.25, 0.3) is 0 Å². The van der Waals surface area contributed by atoms with Crippen LogP contribution in [-0.2, 0) is 11.2 Å². The number of hydrogen-bond acceptors (Lipinski definition) is 3. The fourth-order valence-corrected chi connectivity index (χ4v) is 3.20. The molecule has 2 heterocycles. The van der Waals surface area contributed by atoms with Gasteiger partial charge < -0.3 is 9.64 Å². The van der Waals surface area contributed by atoms with E-state index in [1.165, 1.54) is 24.0 Å². The fourth-order valence-electron chi connectivity index (χ4n) is 3.20. The minimum absolute atomic E-state index is 0.0557. The second-order valence-corrected chi connectivity index (χ2v) is 6.48. The van der Waals surface area contributed by atoms with E-state index in [0.717, 1.165) is 12.1 Å². The van der Waals surface area contributed by atoms with Gasteiger partial charge in [-0.2, -0.15) is 5.10 Å². The normalized spacial score (nSPS) is 20.1. The van der Waals surface area contributed by atoms with E-state index < -0.39 is 0 Å². The van der Waals surface area contributed by atoms with Crippen molar-refractivity contribution in [2.24, 2.45) is 0 Å². The average Bonchev–Trinajstić information content (AvgIpc) is 3.32. The molecule has 1 saturated carbocycles. The Balaban J connectivity index is 1.47. The van der Waals surface area contributed by atoms with E-state index in [1.54, 1.807) is 4.90 Å². The number of benzene rings is 1. The average molecular weight is 311 g/mol. The number of aromatic amines is 1. The number of ether oxygens (including phenoxy) is 1. The number of carbonyl (C=O) groups excluding carboxylic acids is 1. The molecule has 1 unspecified atom stereocenters. The van der Waals surface area contributed by atoms with Gasteiger partial charge in [-0.05, 0) is 36.5 Å². The first-order valence-corrected chi connectivity index (χ1v) is 8.22. The smallest absolute Gasteiger partial charge is 0.274 e. The third-order valence-corrected chi connectivity index (χ3v) is 4.71. The molecule has 0 spiro atoms. The van der Waals surface area contributed by atoms with Crippen LogP contribution in [0.15, 0.2) is 30.3 Å². The van der Waals surface area contributed by atoms with Crippen molar-refractivity contribution in [3.05, 3.63) is 52.8 Å². The Kier molecular flexibility index (Phi) is 3.65. The van der Waals surface area contributed by atoms with Crippen molar-refractivity contribution in [2.45, 2.75) is 31.3 Å². The summed E-state index contributed by atoms with van der Waals surface area (Å²) in [6, 6.07) is 10.2. The van der Waals surface area contributed by atoms with Gasteiger partial charge in [0.2, 0.25) is 0 Å². The molecule has 1 amide bonds. The number of amides is 1. The van der Waals surface area contributed by atoms with Gasteiger partial charge in [-0.3, -0.25) is 9.89 Å². The van der Waals surface area contributed by atoms with E-state index in [1.807, 2.05) is 19.2 Å². The standard InChI is InChI=1S/C18H21N3O2/c1-21(18(22)16-10-15(19-20-16)13-6-7-13)11-17-14-5-3-2-4-12(14)8-9-23-17/h2-5,10,13,17H,6-9,11H2,1H3,(H,19,20). The molecule has 4 rings (SSSR count). The number of rotatable bonds is 4. The summed E-state index contributed by atoms with van der Waals surface area (Å²) in [5, 5.41) is 7.17. The molecule has 1 aromatic heterocycles. The van der Waals surface area contributed by atoms with E-state index >= 15 is 0 Å². The Labute approximate surface area is 135 Å². The SMILES string of the molecule is CN(CC1OCCc2ccccc21)C(=O)c1cc(C2CC2)[nH]n1. The molecular formula is C18H21N3O2. The van der Waals surface area contributed by atoms with Crippen LogP contribution in [0.1, 0.15) is 52.2 Å². The molecule has 1 aromatic carbocycles. The lowest BCUT2D eigenvalue weighted by atomic mass is 9.97. The second kappa shape index (κ2) is 5.81. The molecule has 1 fully saturated rings. The van der Waals surface area contributed by atoms with E-state index in [9.17, 15) is 4.79 Å². The maximum Gasteiger partial charge on any atom is 0.274 e. The minimum atomic E-state index is -0.0595. The molecule has 5 heteroatoms. The number of fused-ring (bicyclic) bond motifs is 1. The summed E-state index contributed by atoms with van der Waals surface area (Å²) in [5.74, 6) is 0.516. The van der Waals surface area contributed by atoms with Crippen LogP contribution in [0, 0.1) is 0 Å². The molecule has 5 nitrogen and oxygen atoms in total. The molecule has 0 saturated heterocycles. The summed E-state index contributed by atoms with van der Waals surface area (Å²) in [4.78, 5) is 14.3. The van der Waals surface area contributed by atoms with E-state index in [4.69, 9.17) is 4.74 Å². The number of likely N-dealkylation sites (N-methyl/N-ethyl adjacent to an activating group) is 1. The number of hydrogen-bond donors (Lipinski definition) is 1. The van der Waals surface area contributed by atoms with Crippen molar-refractivity contribution < 1.29 is 9.53 Å². The second-order valence-electron chi connectivity index (χ2n) is 6.48. The third kappa shape index (κ3) is 2.88. The van der Waals surface area contributed by atoms with Gasteiger partial charge in [-0.25, -0.2) is 0 Å². The van der Waals surface area contributed by atoms with Gasteiger partial charge in [0.1, 0.15) is 11.8 Å². The molecule has 1 N–H and O–H groups in total. The molecule has 1 aliphatic carbocycles. The summed E-state index contributed by atoms with van der Waals surface area (Å²) < 4.78 is 5.89. The fraction of sp³-hybridized carbons (Fsp3) is 0.444. The van der Waals surface area contributed by atoms with Gasteiger partial charge >= 0.3 is 0 Å². The van der Waals surface area contributed by atoms with Gasteiger partial charge in [0.15, 0.2) is 0 Å². The monoisotopic (exact) mass is 311 g/mol.